The van der Waals surface area contributed by atoms with E-state index in [1.54, 1.807) is 0 Å². The number of aliphatic hydroxyl groups excluding tert-OH is 5. The van der Waals surface area contributed by atoms with Gasteiger partial charge in [0, 0.05) is 12.0 Å². The molecule has 0 spiro atoms. The van der Waals surface area contributed by atoms with Crippen molar-refractivity contribution < 1.29 is 78.5 Å². The van der Waals surface area contributed by atoms with Crippen molar-refractivity contribution in [3.05, 3.63) is 46.9 Å². The van der Waals surface area contributed by atoms with Gasteiger partial charge < -0.3 is 69.0 Å². The topological polar surface area (TPSA) is 255 Å². The Labute approximate surface area is 259 Å². The Morgan fingerprint density at radius 1 is 1.00 bits per heavy atom. The maximum Gasteiger partial charge on any atom is 0.342 e. The van der Waals surface area contributed by atoms with E-state index < -0.39 is 106 Å². The molecule has 5 aliphatic rings. The maximum atomic E-state index is 13.1. The number of phenolic OH excluding ortho intramolecular Hbond substituents is 3. The molecule has 248 valence electrons. The van der Waals surface area contributed by atoms with Gasteiger partial charge in [-0.3, -0.25) is 4.79 Å². The normalized spacial score (nSPS) is 38.5. The Bertz CT molecular complexity index is 1650. The smallest absolute Gasteiger partial charge is 0.342 e. The molecular weight excluding hydrogens is 616 g/mol. The van der Waals surface area contributed by atoms with E-state index >= 15 is 0 Å². The summed E-state index contributed by atoms with van der Waals surface area (Å²) in [6.45, 7) is 0.178. The largest absolute Gasteiger partial charge is 0.510 e. The summed E-state index contributed by atoms with van der Waals surface area (Å²) in [6.07, 6.45) is -3.70. The molecule has 1 saturated carbocycles. The molecule has 46 heavy (non-hydrogen) atoms. The van der Waals surface area contributed by atoms with Crippen LogP contribution in [0.4, 0.5) is 0 Å². The third-order valence-electron chi connectivity index (χ3n) is 10.00. The fraction of sp³-hybridized carbons (Fsp3) is 0.533. The van der Waals surface area contributed by atoms with E-state index in [-0.39, 0.29) is 25.4 Å². The van der Waals surface area contributed by atoms with Crippen molar-refractivity contribution in [3.63, 3.8) is 0 Å². The number of furan rings is 1. The number of rotatable bonds is 8. The van der Waals surface area contributed by atoms with Gasteiger partial charge >= 0.3 is 11.9 Å². The Hall–Kier alpha value is -4.06. The summed E-state index contributed by atoms with van der Waals surface area (Å²) in [5, 5.41) is 82.1. The average Bonchev–Trinajstić information content (AvgIpc) is 3.64. The van der Waals surface area contributed by atoms with Crippen molar-refractivity contribution in [1.82, 2.24) is 0 Å². The zero-order valence-corrected chi connectivity index (χ0v) is 24.3. The number of fused-ring (bicyclic) bond motifs is 2. The van der Waals surface area contributed by atoms with E-state index in [1.165, 1.54) is 13.2 Å². The van der Waals surface area contributed by atoms with Gasteiger partial charge in [0.25, 0.3) is 5.95 Å². The molecule has 16 nitrogen and oxygen atoms in total. The predicted molar refractivity (Wildman–Crippen MR) is 145 cm³/mol. The Morgan fingerprint density at radius 2 is 1.76 bits per heavy atom. The number of carbonyl (C=O) groups excluding carboxylic acids is 2. The van der Waals surface area contributed by atoms with Crippen molar-refractivity contribution in [3.8, 4) is 23.2 Å². The average molecular weight is 649 g/mol. The van der Waals surface area contributed by atoms with E-state index in [9.17, 15) is 50.4 Å². The van der Waals surface area contributed by atoms with Gasteiger partial charge in [0.1, 0.15) is 54.6 Å². The fourth-order valence-corrected chi connectivity index (χ4v) is 7.41. The van der Waals surface area contributed by atoms with Crippen LogP contribution in [0.1, 0.15) is 41.3 Å². The number of phenols is 3. The number of aromatic hydroxyl groups is 3. The zero-order chi connectivity index (χ0) is 33.0. The third kappa shape index (κ3) is 4.07. The molecule has 1 aromatic carbocycles. The number of ether oxygens (including phenoxy) is 5. The second kappa shape index (κ2) is 9.97. The van der Waals surface area contributed by atoms with E-state index in [1.807, 2.05) is 0 Å². The van der Waals surface area contributed by atoms with Crippen molar-refractivity contribution in [2.45, 2.75) is 67.6 Å². The predicted octanol–water partition coefficient (Wildman–Crippen LogP) is -0.262. The van der Waals surface area contributed by atoms with Gasteiger partial charge in [0.2, 0.25) is 11.5 Å². The number of benzene rings is 1. The second-order valence-corrected chi connectivity index (χ2v) is 12.8. The van der Waals surface area contributed by atoms with E-state index in [0.717, 1.165) is 23.8 Å². The molecule has 9 atom stereocenters. The van der Waals surface area contributed by atoms with Crippen LogP contribution >= 0.6 is 0 Å². The summed E-state index contributed by atoms with van der Waals surface area (Å²) in [6, 6.07) is 2.00. The summed E-state index contributed by atoms with van der Waals surface area (Å²) < 4.78 is 35.3. The van der Waals surface area contributed by atoms with Gasteiger partial charge in [-0.2, -0.15) is 0 Å². The SMILES string of the molecule is CC12CC(COC(=O)C3C=C(O)C(O)C(O)C3)(OC1(COC(=O)c1ccc(O)c(O)c1O)OC13COc4occ(c41)C3)C(O)C2O. The Balaban J connectivity index is 1.19. The lowest BCUT2D eigenvalue weighted by Gasteiger charge is -2.52. The summed E-state index contributed by atoms with van der Waals surface area (Å²) in [4.78, 5) is 26.1. The van der Waals surface area contributed by atoms with Crippen LogP contribution in [0.3, 0.4) is 0 Å². The molecule has 8 N–H and O–H groups in total. The second-order valence-electron chi connectivity index (χ2n) is 12.8. The van der Waals surface area contributed by atoms with Crippen molar-refractivity contribution in [2.24, 2.45) is 11.3 Å². The molecule has 0 radical (unpaired) electrons. The molecule has 1 aromatic heterocycles. The molecule has 2 bridgehead atoms. The Morgan fingerprint density at radius 3 is 2.50 bits per heavy atom. The highest BCUT2D eigenvalue weighted by Gasteiger charge is 2.79. The highest BCUT2D eigenvalue weighted by atomic mass is 16.8. The fourth-order valence-electron chi connectivity index (χ4n) is 7.41. The van der Waals surface area contributed by atoms with Crippen LogP contribution in [0.15, 0.2) is 34.6 Å². The molecule has 7 rings (SSSR count). The lowest BCUT2D eigenvalue weighted by molar-refractivity contribution is -0.390. The van der Waals surface area contributed by atoms with Gasteiger partial charge in [0.05, 0.1) is 35.4 Å². The molecule has 2 aliphatic heterocycles. The summed E-state index contributed by atoms with van der Waals surface area (Å²) in [5.74, 6) is -8.14. The Kier molecular flexibility index (Phi) is 6.63. The van der Waals surface area contributed by atoms with Crippen molar-refractivity contribution >= 4 is 11.9 Å². The highest BCUT2D eigenvalue weighted by molar-refractivity contribution is 5.94. The minimum absolute atomic E-state index is 0.0108. The summed E-state index contributed by atoms with van der Waals surface area (Å²) in [7, 11) is 0. The van der Waals surface area contributed by atoms with Crippen LogP contribution in [-0.4, -0.2) is 108 Å². The van der Waals surface area contributed by atoms with E-state index in [0.29, 0.717) is 12.0 Å². The first-order valence-corrected chi connectivity index (χ1v) is 14.5. The molecule has 3 heterocycles. The number of carbonyl (C=O) groups is 2. The molecule has 9 unspecified atom stereocenters. The van der Waals surface area contributed by atoms with Crippen LogP contribution in [0.25, 0.3) is 0 Å². The highest BCUT2D eigenvalue weighted by Crippen LogP contribution is 2.66. The van der Waals surface area contributed by atoms with Crippen molar-refractivity contribution in [1.29, 1.82) is 0 Å². The molecule has 1 saturated heterocycles. The number of aliphatic hydroxyl groups is 5. The van der Waals surface area contributed by atoms with Gasteiger partial charge in [-0.15, -0.1) is 0 Å². The van der Waals surface area contributed by atoms with Crippen LogP contribution in [-0.2, 0) is 35.8 Å². The quantitative estimate of drug-likeness (QED) is 0.135. The summed E-state index contributed by atoms with van der Waals surface area (Å²) in [5.41, 5.74) is -3.55. The van der Waals surface area contributed by atoms with Crippen LogP contribution in [0.5, 0.6) is 23.2 Å². The number of esters is 2. The lowest BCUT2D eigenvalue weighted by Crippen LogP contribution is -2.67. The minimum Gasteiger partial charge on any atom is -0.510 e. The number of hydrogen-bond donors (Lipinski definition) is 8. The van der Waals surface area contributed by atoms with Crippen LogP contribution in [0, 0.1) is 11.3 Å². The molecule has 16 heteroatoms. The monoisotopic (exact) mass is 648 g/mol. The van der Waals surface area contributed by atoms with Crippen LogP contribution < -0.4 is 4.74 Å². The van der Waals surface area contributed by atoms with Crippen molar-refractivity contribution in [2.75, 3.05) is 19.8 Å². The van der Waals surface area contributed by atoms with E-state index in [4.69, 9.17) is 28.1 Å². The third-order valence-corrected chi connectivity index (χ3v) is 10.00. The number of hydrogen-bond acceptors (Lipinski definition) is 16. The molecule has 2 aromatic rings. The lowest BCUT2D eigenvalue weighted by atomic mass is 9.74. The molecule has 2 fully saturated rings. The van der Waals surface area contributed by atoms with E-state index in [2.05, 4.69) is 0 Å². The zero-order valence-electron chi connectivity index (χ0n) is 24.3. The van der Waals surface area contributed by atoms with Crippen LogP contribution in [0.2, 0.25) is 0 Å². The molecular formula is C30H32O16. The molecule has 0 amide bonds. The molecule has 3 aliphatic carbocycles. The van der Waals surface area contributed by atoms with Gasteiger partial charge in [0.15, 0.2) is 11.5 Å². The standard InChI is InChI=1S/C30H32O16/c1-27-8-29(23(38)22(27)37,10-42-24(39)12-4-16(32)20(35)17(33)5-12)46-30(27,45-28-6-13-7-41-26(18(13)28)44-9-28)11-43-25(40)14-2-3-15(31)21(36)19(14)34/h2-4,7,12,17,20,22-23,31-38H,5-6,8-11H2,1H3. The van der Waals surface area contributed by atoms with Gasteiger partial charge in [-0.25, -0.2) is 4.79 Å². The first-order chi connectivity index (χ1) is 21.7. The van der Waals surface area contributed by atoms with Gasteiger partial charge in [-0.1, -0.05) is 6.92 Å². The first-order valence-electron chi connectivity index (χ1n) is 14.5. The first kappa shape index (κ1) is 30.6. The minimum atomic E-state index is -2.02. The van der Waals surface area contributed by atoms with Gasteiger partial charge in [-0.05, 0) is 31.1 Å². The summed E-state index contributed by atoms with van der Waals surface area (Å²) >= 11 is 0. The maximum absolute atomic E-state index is 13.1.